The van der Waals surface area contributed by atoms with Crippen molar-refractivity contribution in [3.63, 3.8) is 0 Å². The second-order valence-electron chi connectivity index (χ2n) is 8.72. The molecule has 1 unspecified atom stereocenters. The fraction of sp³-hybridized carbons (Fsp3) is 0.667. The van der Waals surface area contributed by atoms with Crippen molar-refractivity contribution >= 4 is 15.9 Å². The van der Waals surface area contributed by atoms with E-state index in [1.165, 1.54) is 0 Å². The van der Waals surface area contributed by atoms with E-state index >= 15 is 0 Å². The summed E-state index contributed by atoms with van der Waals surface area (Å²) in [6.07, 6.45) is 7.48. The first-order chi connectivity index (χ1) is 13.4. The van der Waals surface area contributed by atoms with Crippen molar-refractivity contribution in [1.29, 1.82) is 0 Å². The van der Waals surface area contributed by atoms with E-state index in [0.717, 1.165) is 69.2 Å². The number of rotatable bonds is 5. The molecule has 2 fully saturated rings. The summed E-state index contributed by atoms with van der Waals surface area (Å²) in [4.78, 5) is 15.0. The molecule has 1 amide bonds. The van der Waals surface area contributed by atoms with Crippen molar-refractivity contribution in [3.8, 4) is 0 Å². The summed E-state index contributed by atoms with van der Waals surface area (Å²) in [5, 5.41) is 3.19. The molecular formula is C21H31N3O3S. The van der Waals surface area contributed by atoms with Gasteiger partial charge in [-0.15, -0.1) is 0 Å². The van der Waals surface area contributed by atoms with Crippen LogP contribution >= 0.6 is 0 Å². The predicted molar refractivity (Wildman–Crippen MR) is 109 cm³/mol. The van der Waals surface area contributed by atoms with E-state index in [1.807, 2.05) is 6.07 Å². The van der Waals surface area contributed by atoms with Crippen LogP contribution in [0.1, 0.15) is 49.7 Å². The zero-order valence-corrected chi connectivity index (χ0v) is 17.4. The Bertz CT molecular complexity index is 825. The predicted octanol–water partition coefficient (Wildman–Crippen LogP) is 1.83. The van der Waals surface area contributed by atoms with Crippen LogP contribution in [-0.2, 0) is 27.7 Å². The van der Waals surface area contributed by atoms with E-state index in [-0.39, 0.29) is 23.9 Å². The first kappa shape index (κ1) is 19.9. The lowest BCUT2D eigenvalue weighted by atomic mass is 10.1. The quantitative estimate of drug-likeness (QED) is 0.783. The van der Waals surface area contributed by atoms with Gasteiger partial charge in [0.1, 0.15) is 0 Å². The molecular weight excluding hydrogens is 374 g/mol. The van der Waals surface area contributed by atoms with Gasteiger partial charge in [0.2, 0.25) is 15.9 Å². The summed E-state index contributed by atoms with van der Waals surface area (Å²) in [5.74, 6) is 0.338. The number of sulfonamides is 1. The lowest BCUT2D eigenvalue weighted by Crippen LogP contribution is -2.43. The lowest BCUT2D eigenvalue weighted by Gasteiger charge is -2.29. The molecule has 2 N–H and O–H groups in total. The second kappa shape index (κ2) is 8.13. The normalized spacial score (nSPS) is 24.4. The minimum absolute atomic E-state index is 0.00732. The van der Waals surface area contributed by atoms with Gasteiger partial charge in [0.15, 0.2) is 0 Å². The number of nitrogens with zero attached hydrogens (tertiary/aromatic N) is 1. The molecule has 28 heavy (non-hydrogen) atoms. The molecule has 1 aliphatic heterocycles. The van der Waals surface area contributed by atoms with Crippen molar-refractivity contribution < 1.29 is 13.2 Å². The van der Waals surface area contributed by atoms with Gasteiger partial charge in [0.05, 0.1) is 4.90 Å². The van der Waals surface area contributed by atoms with E-state index in [0.29, 0.717) is 11.3 Å². The maximum Gasteiger partial charge on any atom is 0.240 e. The standard InChI is InChI=1S/C21H31N3O3S/c1-24-10-8-18(9-11-24)23-28(26,27)20-7-6-16-12-19(13-17(16)14-20)22-21(25)15-4-2-3-5-15/h6-7,14-15,18-19,23H,2-5,8-13H2,1H3,(H,22,25). The molecule has 0 radical (unpaired) electrons. The SMILES string of the molecule is CN1CCC(NS(=O)(=O)c2ccc3c(c2)CC(NC(=O)C2CCCC2)C3)CC1. The van der Waals surface area contributed by atoms with Gasteiger partial charge in [0, 0.05) is 18.0 Å². The van der Waals surface area contributed by atoms with E-state index in [4.69, 9.17) is 0 Å². The minimum Gasteiger partial charge on any atom is -0.352 e. The van der Waals surface area contributed by atoms with E-state index < -0.39 is 10.0 Å². The summed E-state index contributed by atoms with van der Waals surface area (Å²) in [6, 6.07) is 5.52. The Morgan fingerprint density at radius 1 is 1.00 bits per heavy atom. The Balaban J connectivity index is 1.39. The van der Waals surface area contributed by atoms with Gasteiger partial charge in [-0.3, -0.25) is 4.79 Å². The topological polar surface area (TPSA) is 78.5 Å². The highest BCUT2D eigenvalue weighted by atomic mass is 32.2. The monoisotopic (exact) mass is 405 g/mol. The molecule has 6 nitrogen and oxygen atoms in total. The fourth-order valence-corrected chi connectivity index (χ4v) is 6.14. The summed E-state index contributed by atoms with van der Waals surface area (Å²) in [6.45, 7) is 1.83. The molecule has 2 aliphatic carbocycles. The maximum absolute atomic E-state index is 12.8. The van der Waals surface area contributed by atoms with Crippen LogP contribution in [0.15, 0.2) is 23.1 Å². The van der Waals surface area contributed by atoms with Crippen molar-refractivity contribution in [3.05, 3.63) is 29.3 Å². The summed E-state index contributed by atoms with van der Waals surface area (Å²) in [5.41, 5.74) is 2.19. The second-order valence-corrected chi connectivity index (χ2v) is 10.4. The minimum atomic E-state index is -3.51. The van der Waals surface area contributed by atoms with Crippen molar-refractivity contribution in [2.45, 2.75) is 68.3 Å². The maximum atomic E-state index is 12.8. The number of carbonyl (C=O) groups excluding carboxylic acids is 1. The molecule has 1 heterocycles. The largest absolute Gasteiger partial charge is 0.352 e. The number of benzene rings is 1. The third kappa shape index (κ3) is 4.42. The van der Waals surface area contributed by atoms with Crippen LogP contribution in [0.2, 0.25) is 0 Å². The molecule has 0 spiro atoms. The highest BCUT2D eigenvalue weighted by Gasteiger charge is 2.29. The van der Waals surface area contributed by atoms with Crippen LogP contribution in [0.25, 0.3) is 0 Å². The van der Waals surface area contributed by atoms with Gasteiger partial charge >= 0.3 is 0 Å². The number of nitrogens with one attached hydrogen (secondary N) is 2. The van der Waals surface area contributed by atoms with Crippen LogP contribution in [-0.4, -0.2) is 51.4 Å². The van der Waals surface area contributed by atoms with Crippen LogP contribution in [0.5, 0.6) is 0 Å². The Labute approximate surface area is 168 Å². The summed E-state index contributed by atoms with van der Waals surface area (Å²) >= 11 is 0. The number of piperidine rings is 1. The van der Waals surface area contributed by atoms with Crippen molar-refractivity contribution in [2.24, 2.45) is 5.92 Å². The van der Waals surface area contributed by atoms with Gasteiger partial charge in [-0.2, -0.15) is 0 Å². The smallest absolute Gasteiger partial charge is 0.240 e. The molecule has 154 valence electrons. The number of hydrogen-bond acceptors (Lipinski definition) is 4. The fourth-order valence-electron chi connectivity index (χ4n) is 4.78. The van der Waals surface area contributed by atoms with Crippen molar-refractivity contribution in [2.75, 3.05) is 20.1 Å². The van der Waals surface area contributed by atoms with Gasteiger partial charge in [-0.1, -0.05) is 18.9 Å². The number of fused-ring (bicyclic) bond motifs is 1. The number of hydrogen-bond donors (Lipinski definition) is 2. The van der Waals surface area contributed by atoms with E-state index in [1.54, 1.807) is 12.1 Å². The third-order valence-corrected chi connectivity index (χ3v) is 8.05. The van der Waals surface area contributed by atoms with E-state index in [2.05, 4.69) is 22.0 Å². The number of likely N-dealkylation sites (tertiary alicyclic amines) is 1. The first-order valence-corrected chi connectivity index (χ1v) is 12.0. The number of amides is 1. The van der Waals surface area contributed by atoms with Crippen LogP contribution in [0.4, 0.5) is 0 Å². The lowest BCUT2D eigenvalue weighted by molar-refractivity contribution is -0.125. The van der Waals surface area contributed by atoms with Crippen LogP contribution in [0.3, 0.4) is 0 Å². The Morgan fingerprint density at radius 2 is 1.68 bits per heavy atom. The zero-order valence-electron chi connectivity index (χ0n) is 16.6. The molecule has 7 heteroatoms. The molecule has 0 aromatic heterocycles. The highest BCUT2D eigenvalue weighted by Crippen LogP contribution is 2.28. The molecule has 4 rings (SSSR count). The Kier molecular flexibility index (Phi) is 5.76. The Morgan fingerprint density at radius 3 is 2.39 bits per heavy atom. The van der Waals surface area contributed by atoms with Gasteiger partial charge in [0.25, 0.3) is 0 Å². The molecule has 1 aromatic carbocycles. The van der Waals surface area contributed by atoms with E-state index in [9.17, 15) is 13.2 Å². The van der Waals surface area contributed by atoms with Crippen LogP contribution < -0.4 is 10.0 Å². The average molecular weight is 406 g/mol. The molecule has 0 bridgehead atoms. The van der Waals surface area contributed by atoms with Gasteiger partial charge in [-0.25, -0.2) is 13.1 Å². The molecule has 1 saturated carbocycles. The van der Waals surface area contributed by atoms with Crippen molar-refractivity contribution in [1.82, 2.24) is 14.9 Å². The van der Waals surface area contributed by atoms with Gasteiger partial charge in [-0.05, 0) is 81.9 Å². The Hall–Kier alpha value is -1.44. The third-order valence-electron chi connectivity index (χ3n) is 6.53. The molecule has 1 atom stereocenters. The summed E-state index contributed by atoms with van der Waals surface area (Å²) < 4.78 is 28.5. The highest BCUT2D eigenvalue weighted by molar-refractivity contribution is 7.89. The number of carbonyl (C=O) groups is 1. The zero-order chi connectivity index (χ0) is 19.7. The average Bonchev–Trinajstić information content (AvgIpc) is 3.32. The molecule has 3 aliphatic rings. The van der Waals surface area contributed by atoms with Crippen LogP contribution in [0, 0.1) is 5.92 Å². The molecule has 1 saturated heterocycles. The summed E-state index contributed by atoms with van der Waals surface area (Å²) in [7, 11) is -1.45. The molecule has 1 aromatic rings. The van der Waals surface area contributed by atoms with Gasteiger partial charge < -0.3 is 10.2 Å². The first-order valence-electron chi connectivity index (χ1n) is 10.5.